The van der Waals surface area contributed by atoms with E-state index in [-0.39, 0.29) is 11.8 Å². The summed E-state index contributed by atoms with van der Waals surface area (Å²) in [5.74, 6) is -0.521. The van der Waals surface area contributed by atoms with Crippen LogP contribution in [0.15, 0.2) is 24.3 Å². The smallest absolute Gasteiger partial charge is 0.331 e. The van der Waals surface area contributed by atoms with Crippen LogP contribution in [-0.4, -0.2) is 17.0 Å². The van der Waals surface area contributed by atoms with Crippen molar-refractivity contribution in [3.63, 3.8) is 0 Å². The van der Waals surface area contributed by atoms with Crippen LogP contribution in [0.5, 0.6) is 0 Å². The third kappa shape index (κ3) is 4.18. The third-order valence-corrected chi connectivity index (χ3v) is 2.29. The maximum atomic E-state index is 11.3. The van der Waals surface area contributed by atoms with Crippen LogP contribution in [0.1, 0.15) is 19.4 Å². The molecule has 0 radical (unpaired) electrons. The lowest BCUT2D eigenvalue weighted by molar-refractivity contribution is -0.384. The van der Waals surface area contributed by atoms with Crippen LogP contribution in [0.4, 0.5) is 5.69 Å². The fraction of sp³-hybridized carbons (Fsp3) is 0.250. The van der Waals surface area contributed by atoms with Gasteiger partial charge in [0.2, 0.25) is 0 Å². The summed E-state index contributed by atoms with van der Waals surface area (Å²) >= 11 is 5.86. The van der Waals surface area contributed by atoms with Gasteiger partial charge < -0.3 is 4.74 Å². The van der Waals surface area contributed by atoms with Crippen molar-refractivity contribution < 1.29 is 14.5 Å². The number of hydrogen-bond acceptors (Lipinski definition) is 4. The average Bonchev–Trinajstić information content (AvgIpc) is 2.26. The number of halogens is 1. The molecule has 0 fully saturated rings. The van der Waals surface area contributed by atoms with Gasteiger partial charge in [-0.15, -0.1) is 0 Å². The molecule has 0 N–H and O–H groups in total. The highest BCUT2D eigenvalue weighted by atomic mass is 35.5. The number of nitro groups is 1. The van der Waals surface area contributed by atoms with Gasteiger partial charge in [0.15, 0.2) is 0 Å². The molecule has 0 spiro atoms. The lowest BCUT2D eigenvalue weighted by Gasteiger charge is -2.04. The van der Waals surface area contributed by atoms with Crippen LogP contribution >= 0.6 is 11.6 Å². The Bertz CT molecular complexity index is 497. The van der Waals surface area contributed by atoms with Gasteiger partial charge in [-0.05, 0) is 26.0 Å². The monoisotopic (exact) mass is 269 g/mol. The number of benzene rings is 1. The molecule has 1 rings (SSSR count). The molecule has 1 aromatic carbocycles. The molecule has 18 heavy (non-hydrogen) atoms. The minimum atomic E-state index is -0.528. The molecule has 0 aliphatic rings. The van der Waals surface area contributed by atoms with Crippen molar-refractivity contribution in [2.45, 2.75) is 20.0 Å². The van der Waals surface area contributed by atoms with Crippen LogP contribution in [0.2, 0.25) is 5.02 Å². The van der Waals surface area contributed by atoms with Crippen molar-refractivity contribution in [2.75, 3.05) is 0 Å². The zero-order valence-electron chi connectivity index (χ0n) is 9.92. The number of ether oxygens (including phenoxy) is 1. The minimum Gasteiger partial charge on any atom is -0.460 e. The molecule has 0 aliphatic heterocycles. The van der Waals surface area contributed by atoms with E-state index in [9.17, 15) is 14.9 Å². The number of carbonyl (C=O) groups is 1. The summed E-state index contributed by atoms with van der Waals surface area (Å²) in [6.07, 6.45) is 2.35. The van der Waals surface area contributed by atoms with E-state index in [2.05, 4.69) is 0 Å². The molecule has 1 aromatic rings. The second-order valence-corrected chi connectivity index (χ2v) is 4.19. The first kappa shape index (κ1) is 14.2. The molecular formula is C12H12ClNO4. The molecule has 0 aliphatic carbocycles. The van der Waals surface area contributed by atoms with Gasteiger partial charge in [-0.1, -0.05) is 11.6 Å². The van der Waals surface area contributed by atoms with Crippen molar-refractivity contribution in [3.8, 4) is 0 Å². The Labute approximate surface area is 109 Å². The van der Waals surface area contributed by atoms with Gasteiger partial charge in [-0.25, -0.2) is 4.79 Å². The molecule has 0 atom stereocenters. The molecule has 0 bridgehead atoms. The van der Waals surface area contributed by atoms with Crippen LogP contribution < -0.4 is 0 Å². The summed E-state index contributed by atoms with van der Waals surface area (Å²) in [7, 11) is 0. The van der Waals surface area contributed by atoms with Crippen LogP contribution in [0.25, 0.3) is 6.08 Å². The molecule has 0 amide bonds. The van der Waals surface area contributed by atoms with E-state index in [4.69, 9.17) is 16.3 Å². The number of esters is 1. The molecule has 0 heterocycles. The molecule has 5 nitrogen and oxygen atoms in total. The molecule has 6 heteroatoms. The zero-order chi connectivity index (χ0) is 13.7. The van der Waals surface area contributed by atoms with Gasteiger partial charge in [-0.2, -0.15) is 0 Å². The second-order valence-electron chi connectivity index (χ2n) is 3.78. The first-order valence-electron chi connectivity index (χ1n) is 5.23. The summed E-state index contributed by atoms with van der Waals surface area (Å²) in [4.78, 5) is 21.3. The predicted molar refractivity (Wildman–Crippen MR) is 68.4 cm³/mol. The largest absolute Gasteiger partial charge is 0.460 e. The fourth-order valence-electron chi connectivity index (χ4n) is 1.20. The van der Waals surface area contributed by atoms with E-state index in [0.717, 1.165) is 0 Å². The van der Waals surface area contributed by atoms with Gasteiger partial charge in [0, 0.05) is 28.8 Å². The summed E-state index contributed by atoms with van der Waals surface area (Å²) in [5.41, 5.74) is 0.308. The Balaban J connectivity index is 2.89. The molecule has 0 aromatic heterocycles. The maximum Gasteiger partial charge on any atom is 0.331 e. The first-order valence-corrected chi connectivity index (χ1v) is 5.60. The quantitative estimate of drug-likeness (QED) is 0.364. The third-order valence-electron chi connectivity index (χ3n) is 1.94. The molecule has 0 unspecified atom stereocenters. The predicted octanol–water partition coefficient (Wildman–Crippen LogP) is 3.21. The average molecular weight is 270 g/mol. The topological polar surface area (TPSA) is 69.4 Å². The van der Waals surface area contributed by atoms with Crippen molar-refractivity contribution in [3.05, 3.63) is 45.0 Å². The number of non-ortho nitro benzene ring substituents is 1. The minimum absolute atomic E-state index is 0.0868. The van der Waals surface area contributed by atoms with E-state index in [0.29, 0.717) is 10.6 Å². The van der Waals surface area contributed by atoms with Gasteiger partial charge in [0.05, 0.1) is 11.0 Å². The summed E-state index contributed by atoms with van der Waals surface area (Å²) < 4.78 is 4.89. The second kappa shape index (κ2) is 6.16. The van der Waals surface area contributed by atoms with Gasteiger partial charge in [-0.3, -0.25) is 10.1 Å². The summed E-state index contributed by atoms with van der Waals surface area (Å²) in [6.45, 7) is 3.46. The van der Waals surface area contributed by atoms with Crippen molar-refractivity contribution >= 4 is 29.3 Å². The summed E-state index contributed by atoms with van der Waals surface area (Å²) in [6, 6.07) is 4.00. The lowest BCUT2D eigenvalue weighted by Crippen LogP contribution is -2.08. The number of nitro benzene ring substituents is 1. The van der Waals surface area contributed by atoms with Crippen molar-refractivity contribution in [1.82, 2.24) is 0 Å². The highest BCUT2D eigenvalue weighted by Gasteiger charge is 2.08. The summed E-state index contributed by atoms with van der Waals surface area (Å²) in [5, 5.41) is 10.9. The number of hydrogen-bond donors (Lipinski definition) is 0. The molecular weight excluding hydrogens is 258 g/mol. The highest BCUT2D eigenvalue weighted by Crippen LogP contribution is 2.23. The Hall–Kier alpha value is -1.88. The molecule has 0 saturated heterocycles. The number of carbonyl (C=O) groups excluding carboxylic acids is 1. The Morgan fingerprint density at radius 2 is 2.17 bits per heavy atom. The Morgan fingerprint density at radius 3 is 2.72 bits per heavy atom. The van der Waals surface area contributed by atoms with Crippen LogP contribution in [0, 0.1) is 10.1 Å². The van der Waals surface area contributed by atoms with Gasteiger partial charge >= 0.3 is 5.97 Å². The Morgan fingerprint density at radius 1 is 1.50 bits per heavy atom. The SMILES string of the molecule is CC(C)OC(=O)/C=C/c1cc([N+](=O)[O-])ccc1Cl. The normalized spacial score (nSPS) is 10.9. The van der Waals surface area contributed by atoms with Crippen molar-refractivity contribution in [2.24, 2.45) is 0 Å². The van der Waals surface area contributed by atoms with Crippen LogP contribution in [0.3, 0.4) is 0 Å². The zero-order valence-corrected chi connectivity index (χ0v) is 10.7. The number of rotatable bonds is 4. The van der Waals surface area contributed by atoms with E-state index in [1.165, 1.54) is 30.4 Å². The van der Waals surface area contributed by atoms with E-state index in [1.807, 2.05) is 0 Å². The standard InChI is InChI=1S/C12H12ClNO4/c1-8(2)18-12(15)6-3-9-7-10(14(16)17)4-5-11(9)13/h3-8H,1-2H3/b6-3+. The van der Waals surface area contributed by atoms with E-state index >= 15 is 0 Å². The highest BCUT2D eigenvalue weighted by molar-refractivity contribution is 6.32. The van der Waals surface area contributed by atoms with E-state index < -0.39 is 10.9 Å². The van der Waals surface area contributed by atoms with E-state index in [1.54, 1.807) is 13.8 Å². The molecule has 96 valence electrons. The number of nitrogens with zero attached hydrogens (tertiary/aromatic N) is 1. The Kier molecular flexibility index (Phi) is 4.85. The van der Waals surface area contributed by atoms with Gasteiger partial charge in [0.1, 0.15) is 0 Å². The molecule has 0 saturated carbocycles. The van der Waals surface area contributed by atoms with Gasteiger partial charge in [0.25, 0.3) is 5.69 Å². The lowest BCUT2D eigenvalue weighted by atomic mass is 10.2. The first-order chi connectivity index (χ1) is 8.40. The maximum absolute atomic E-state index is 11.3. The van der Waals surface area contributed by atoms with Crippen LogP contribution in [-0.2, 0) is 9.53 Å². The fourth-order valence-corrected chi connectivity index (χ4v) is 1.38. The van der Waals surface area contributed by atoms with Crippen molar-refractivity contribution in [1.29, 1.82) is 0 Å².